The Kier molecular flexibility index (Phi) is 7.99. The van der Waals surface area contributed by atoms with E-state index in [4.69, 9.17) is 0 Å². The van der Waals surface area contributed by atoms with Crippen LogP contribution in [0.2, 0.25) is 0 Å². The highest BCUT2D eigenvalue weighted by Gasteiger charge is 1.86. The first-order chi connectivity index (χ1) is 3.27. The van der Waals surface area contributed by atoms with Crippen LogP contribution in [0.15, 0.2) is 0 Å². The van der Waals surface area contributed by atoms with Gasteiger partial charge in [-0.3, -0.25) is 0 Å². The summed E-state index contributed by atoms with van der Waals surface area (Å²) in [7, 11) is 0. The Morgan fingerprint density at radius 3 is 2.38 bits per heavy atom. The molecule has 0 spiro atoms. The summed E-state index contributed by atoms with van der Waals surface area (Å²) >= 11 is 0. The first-order valence-electron chi connectivity index (χ1n) is 2.19. The molecule has 50 valence electrons. The zero-order chi connectivity index (χ0) is 5.70. The predicted molar refractivity (Wildman–Crippen MR) is 30.8 cm³/mol. The van der Waals surface area contributed by atoms with Gasteiger partial charge in [0.1, 0.15) is 0 Å². The Hall–Kier alpha value is -0.770. The summed E-state index contributed by atoms with van der Waals surface area (Å²) in [5.74, 6) is 0. The van der Waals surface area contributed by atoms with Gasteiger partial charge in [-0.1, -0.05) is 6.92 Å². The lowest BCUT2D eigenvalue weighted by Crippen LogP contribution is -2.12. The standard InChI is InChI=1S/C4H9NO2.H3N/c1-2-3-7-4(5)6;/h2-3H2,1H3,(H2,5,6);1H3. The molecule has 0 aliphatic rings. The molecule has 1 amide bonds. The molecule has 0 bridgehead atoms. The number of carbonyl (C=O) groups excluding carboxylic acids is 1. The normalized spacial score (nSPS) is 7.12. The minimum Gasteiger partial charge on any atom is -0.450 e. The van der Waals surface area contributed by atoms with Gasteiger partial charge in [0.15, 0.2) is 0 Å². The van der Waals surface area contributed by atoms with Crippen molar-refractivity contribution in [3.8, 4) is 0 Å². The zero-order valence-electron chi connectivity index (χ0n) is 5.02. The van der Waals surface area contributed by atoms with E-state index in [1.165, 1.54) is 0 Å². The molecule has 0 atom stereocenters. The molecule has 4 nitrogen and oxygen atoms in total. The van der Waals surface area contributed by atoms with E-state index in [1.807, 2.05) is 6.92 Å². The molecule has 0 saturated carbocycles. The van der Waals surface area contributed by atoms with Crippen molar-refractivity contribution in [3.63, 3.8) is 0 Å². The lowest BCUT2D eigenvalue weighted by Gasteiger charge is -1.93. The fraction of sp³-hybridized carbons (Fsp3) is 0.750. The SMILES string of the molecule is CCCOC(N)=O.N. The topological polar surface area (TPSA) is 87.3 Å². The van der Waals surface area contributed by atoms with Crippen molar-refractivity contribution in [2.45, 2.75) is 13.3 Å². The number of primary amides is 1. The number of hydrogen-bond acceptors (Lipinski definition) is 3. The third-order valence-corrected chi connectivity index (χ3v) is 0.448. The molecule has 0 fully saturated rings. The maximum absolute atomic E-state index is 9.76. The van der Waals surface area contributed by atoms with Crippen molar-refractivity contribution in [2.24, 2.45) is 5.73 Å². The minimum atomic E-state index is -0.693. The lowest BCUT2D eigenvalue weighted by atomic mass is 10.5. The van der Waals surface area contributed by atoms with E-state index in [2.05, 4.69) is 10.5 Å². The molecule has 0 radical (unpaired) electrons. The number of amides is 1. The second-order valence-corrected chi connectivity index (χ2v) is 1.17. The molecule has 0 saturated heterocycles. The summed E-state index contributed by atoms with van der Waals surface area (Å²) in [6.07, 6.45) is 0.130. The molecule has 0 unspecified atom stereocenters. The van der Waals surface area contributed by atoms with Crippen LogP contribution in [0, 0.1) is 0 Å². The van der Waals surface area contributed by atoms with Crippen molar-refractivity contribution in [3.05, 3.63) is 0 Å². The number of nitrogens with two attached hydrogens (primary N) is 1. The second-order valence-electron chi connectivity index (χ2n) is 1.17. The van der Waals surface area contributed by atoms with Gasteiger partial charge in [-0.05, 0) is 6.42 Å². The van der Waals surface area contributed by atoms with Gasteiger partial charge in [-0.15, -0.1) is 0 Å². The Labute approximate surface area is 48.6 Å². The van der Waals surface area contributed by atoms with Gasteiger partial charge in [0, 0.05) is 0 Å². The summed E-state index contributed by atoms with van der Waals surface area (Å²) in [6.45, 7) is 2.33. The van der Waals surface area contributed by atoms with Crippen molar-refractivity contribution >= 4 is 6.09 Å². The summed E-state index contributed by atoms with van der Waals surface area (Å²) in [6, 6.07) is 0. The van der Waals surface area contributed by atoms with Crippen LogP contribution < -0.4 is 11.9 Å². The van der Waals surface area contributed by atoms with E-state index >= 15 is 0 Å². The zero-order valence-corrected chi connectivity index (χ0v) is 5.02. The Morgan fingerprint density at radius 2 is 2.25 bits per heavy atom. The smallest absolute Gasteiger partial charge is 0.404 e. The van der Waals surface area contributed by atoms with Gasteiger partial charge >= 0.3 is 6.09 Å². The Bertz CT molecular complexity index is 65.1. The van der Waals surface area contributed by atoms with E-state index < -0.39 is 6.09 Å². The van der Waals surface area contributed by atoms with Crippen LogP contribution in [0.5, 0.6) is 0 Å². The van der Waals surface area contributed by atoms with Crippen molar-refractivity contribution in [2.75, 3.05) is 6.61 Å². The van der Waals surface area contributed by atoms with Crippen LogP contribution in [0.25, 0.3) is 0 Å². The second kappa shape index (κ2) is 6.23. The summed E-state index contributed by atoms with van der Waals surface area (Å²) < 4.78 is 4.33. The highest BCUT2D eigenvalue weighted by Crippen LogP contribution is 1.76. The number of ether oxygens (including phenoxy) is 1. The Balaban J connectivity index is 0. The van der Waals surface area contributed by atoms with E-state index in [1.54, 1.807) is 0 Å². The predicted octanol–water partition coefficient (Wildman–Crippen LogP) is 0.654. The Morgan fingerprint density at radius 1 is 1.75 bits per heavy atom. The molecule has 0 aromatic rings. The number of rotatable bonds is 2. The first-order valence-corrected chi connectivity index (χ1v) is 2.19. The van der Waals surface area contributed by atoms with Crippen molar-refractivity contribution < 1.29 is 9.53 Å². The third kappa shape index (κ3) is 8.97. The van der Waals surface area contributed by atoms with Gasteiger partial charge in [0.05, 0.1) is 6.61 Å². The lowest BCUT2D eigenvalue weighted by molar-refractivity contribution is 0.157. The minimum absolute atomic E-state index is 0. The number of carbonyl (C=O) groups is 1. The van der Waals surface area contributed by atoms with Gasteiger partial charge < -0.3 is 16.6 Å². The maximum Gasteiger partial charge on any atom is 0.404 e. The quantitative estimate of drug-likeness (QED) is 0.560. The molecule has 0 heterocycles. The van der Waals surface area contributed by atoms with Crippen LogP contribution in [-0.4, -0.2) is 12.7 Å². The van der Waals surface area contributed by atoms with Crippen LogP contribution >= 0.6 is 0 Å². The van der Waals surface area contributed by atoms with Gasteiger partial charge in [-0.2, -0.15) is 0 Å². The summed E-state index contributed by atoms with van der Waals surface area (Å²) in [5, 5.41) is 0. The van der Waals surface area contributed by atoms with Crippen LogP contribution in [0.3, 0.4) is 0 Å². The molecular weight excluding hydrogens is 108 g/mol. The molecule has 8 heavy (non-hydrogen) atoms. The van der Waals surface area contributed by atoms with Gasteiger partial charge in [-0.25, -0.2) is 4.79 Å². The molecule has 0 aliphatic carbocycles. The highest BCUT2D eigenvalue weighted by molar-refractivity contribution is 5.64. The van der Waals surface area contributed by atoms with Crippen molar-refractivity contribution in [1.29, 1.82) is 0 Å². The molecule has 0 rings (SSSR count). The summed E-state index contributed by atoms with van der Waals surface area (Å²) in [4.78, 5) is 9.76. The van der Waals surface area contributed by atoms with E-state index in [0.29, 0.717) is 6.61 Å². The summed E-state index contributed by atoms with van der Waals surface area (Å²) in [5.41, 5.74) is 4.62. The molecule has 0 aromatic heterocycles. The third-order valence-electron chi connectivity index (χ3n) is 0.448. The molecule has 4 heteroatoms. The molecule has 0 aromatic carbocycles. The molecule has 0 aliphatic heterocycles. The number of hydrogen-bond donors (Lipinski definition) is 2. The van der Waals surface area contributed by atoms with E-state index in [-0.39, 0.29) is 6.15 Å². The highest BCUT2D eigenvalue weighted by atomic mass is 16.5. The largest absolute Gasteiger partial charge is 0.450 e. The fourth-order valence-corrected chi connectivity index (χ4v) is 0.203. The van der Waals surface area contributed by atoms with E-state index in [0.717, 1.165) is 6.42 Å². The van der Waals surface area contributed by atoms with Crippen molar-refractivity contribution in [1.82, 2.24) is 6.15 Å². The van der Waals surface area contributed by atoms with E-state index in [9.17, 15) is 4.79 Å². The fourth-order valence-electron chi connectivity index (χ4n) is 0.203. The average Bonchev–Trinajstić information content (AvgIpc) is 1.61. The van der Waals surface area contributed by atoms with Crippen LogP contribution in [0.1, 0.15) is 13.3 Å². The van der Waals surface area contributed by atoms with Crippen LogP contribution in [0.4, 0.5) is 4.79 Å². The average molecular weight is 120 g/mol. The van der Waals surface area contributed by atoms with Gasteiger partial charge in [0.2, 0.25) is 0 Å². The van der Waals surface area contributed by atoms with Crippen LogP contribution in [-0.2, 0) is 4.74 Å². The van der Waals surface area contributed by atoms with Gasteiger partial charge in [0.25, 0.3) is 0 Å². The molecule has 5 N–H and O–H groups in total. The maximum atomic E-state index is 9.76. The first kappa shape index (κ1) is 10.3. The monoisotopic (exact) mass is 120 g/mol. The molecular formula is C4H12N2O2.